The number of aromatic nitrogens is 2. The number of fused-ring (bicyclic) bond motifs is 1. The molecule has 0 unspecified atom stereocenters. The number of nitrogens with one attached hydrogen (secondary N) is 3. The first-order chi connectivity index (χ1) is 13.1. The number of methoxy groups -OCH3 is 1. The molecule has 2 amide bonds. The Hall–Kier alpha value is -3.52. The second-order valence-electron chi connectivity index (χ2n) is 5.83. The van der Waals surface area contributed by atoms with Crippen LogP contribution in [0.1, 0.15) is 5.69 Å². The molecule has 0 atom stereocenters. The number of amides is 2. The Kier molecular flexibility index (Phi) is 5.58. The van der Waals surface area contributed by atoms with Gasteiger partial charge >= 0.3 is 0 Å². The molecule has 3 aromatic rings. The first-order valence-electron chi connectivity index (χ1n) is 8.22. The zero-order valence-corrected chi connectivity index (χ0v) is 14.6. The molecule has 0 aliphatic heterocycles. The summed E-state index contributed by atoms with van der Waals surface area (Å²) >= 11 is 0. The average molecular weight is 366 g/mol. The van der Waals surface area contributed by atoms with Crippen molar-refractivity contribution in [3.63, 3.8) is 0 Å². The molecule has 0 spiro atoms. The maximum Gasteiger partial charge on any atom is 0.272 e. The zero-order chi connectivity index (χ0) is 19.2. The normalized spacial score (nSPS) is 10.6. The lowest BCUT2D eigenvalue weighted by molar-refractivity contribution is -0.119. The molecule has 0 aliphatic carbocycles. The van der Waals surface area contributed by atoms with Crippen LogP contribution in [0.2, 0.25) is 0 Å². The summed E-state index contributed by atoms with van der Waals surface area (Å²) in [5, 5.41) is 13.0. The van der Waals surface area contributed by atoms with Gasteiger partial charge in [-0.15, -0.1) is 0 Å². The van der Waals surface area contributed by atoms with Gasteiger partial charge in [0.1, 0.15) is 6.61 Å². The predicted molar refractivity (Wildman–Crippen MR) is 102 cm³/mol. The highest BCUT2D eigenvalue weighted by atomic mass is 16.5. The molecule has 0 saturated heterocycles. The second kappa shape index (κ2) is 8.24. The molecule has 0 radical (unpaired) electrons. The molecule has 0 aliphatic rings. The topological polar surface area (TPSA) is 113 Å². The summed E-state index contributed by atoms with van der Waals surface area (Å²) in [5.41, 5.74) is 1.38. The highest BCUT2D eigenvalue weighted by molar-refractivity contribution is 5.96. The summed E-state index contributed by atoms with van der Waals surface area (Å²) in [7, 11) is 1.44. The largest absolute Gasteiger partial charge is 0.375 e. The molecule has 0 fully saturated rings. The summed E-state index contributed by atoms with van der Waals surface area (Å²) in [6, 6.07) is 13.7. The summed E-state index contributed by atoms with van der Waals surface area (Å²) in [6.45, 7) is -0.0292. The van der Waals surface area contributed by atoms with E-state index in [1.807, 2.05) is 0 Å². The molecule has 27 heavy (non-hydrogen) atoms. The van der Waals surface area contributed by atoms with E-state index in [4.69, 9.17) is 4.74 Å². The van der Waals surface area contributed by atoms with Crippen molar-refractivity contribution < 1.29 is 14.3 Å². The third kappa shape index (κ3) is 4.56. The van der Waals surface area contributed by atoms with Gasteiger partial charge in [-0.05, 0) is 30.3 Å². The molecular formula is C19H18N4O4. The predicted octanol–water partition coefficient (Wildman–Crippen LogP) is 1.69. The minimum absolute atomic E-state index is 0.0175. The number of aromatic amines is 1. The van der Waals surface area contributed by atoms with Crippen molar-refractivity contribution in [3.05, 3.63) is 64.6 Å². The van der Waals surface area contributed by atoms with Crippen LogP contribution < -0.4 is 16.2 Å². The molecule has 138 valence electrons. The van der Waals surface area contributed by atoms with Crippen LogP contribution >= 0.6 is 0 Å². The molecule has 8 heteroatoms. The maximum absolute atomic E-state index is 12.3. The van der Waals surface area contributed by atoms with Gasteiger partial charge in [-0.25, -0.2) is 5.10 Å². The van der Waals surface area contributed by atoms with E-state index in [1.54, 1.807) is 48.5 Å². The number of carbonyl (C=O) groups is 2. The molecule has 8 nitrogen and oxygen atoms in total. The Balaban J connectivity index is 1.67. The average Bonchev–Trinajstić information content (AvgIpc) is 2.66. The fraction of sp³-hybridized carbons (Fsp3) is 0.158. The van der Waals surface area contributed by atoms with Crippen molar-refractivity contribution in [2.45, 2.75) is 6.42 Å². The Morgan fingerprint density at radius 3 is 2.19 bits per heavy atom. The van der Waals surface area contributed by atoms with E-state index >= 15 is 0 Å². The number of hydrogen-bond acceptors (Lipinski definition) is 5. The minimum Gasteiger partial charge on any atom is -0.375 e. The van der Waals surface area contributed by atoms with Crippen molar-refractivity contribution in [2.75, 3.05) is 24.4 Å². The van der Waals surface area contributed by atoms with Gasteiger partial charge in [-0.2, -0.15) is 5.10 Å². The third-order valence-electron chi connectivity index (χ3n) is 3.83. The number of hydrogen-bond donors (Lipinski definition) is 3. The number of benzene rings is 2. The molecule has 1 aromatic heterocycles. The quantitative estimate of drug-likeness (QED) is 0.614. The van der Waals surface area contributed by atoms with Crippen molar-refractivity contribution in [1.29, 1.82) is 0 Å². The van der Waals surface area contributed by atoms with Crippen LogP contribution in [0.4, 0.5) is 11.4 Å². The number of carbonyl (C=O) groups excluding carboxylic acids is 2. The molecule has 3 N–H and O–H groups in total. The van der Waals surface area contributed by atoms with Gasteiger partial charge in [0, 0.05) is 23.9 Å². The van der Waals surface area contributed by atoms with Crippen LogP contribution in [0.25, 0.3) is 10.8 Å². The summed E-state index contributed by atoms with van der Waals surface area (Å²) in [5.74, 6) is -0.527. The lowest BCUT2D eigenvalue weighted by atomic mass is 10.1. The van der Waals surface area contributed by atoms with E-state index in [0.717, 1.165) is 0 Å². The van der Waals surface area contributed by atoms with Gasteiger partial charge < -0.3 is 15.4 Å². The van der Waals surface area contributed by atoms with E-state index < -0.39 is 0 Å². The Morgan fingerprint density at radius 1 is 0.963 bits per heavy atom. The van der Waals surface area contributed by atoms with Gasteiger partial charge in [0.25, 0.3) is 5.56 Å². The first kappa shape index (κ1) is 18.3. The summed E-state index contributed by atoms with van der Waals surface area (Å²) < 4.78 is 4.75. The Bertz CT molecular complexity index is 1030. The lowest BCUT2D eigenvalue weighted by Crippen LogP contribution is -2.19. The third-order valence-corrected chi connectivity index (χ3v) is 3.83. The van der Waals surface area contributed by atoms with Gasteiger partial charge in [0.05, 0.1) is 17.5 Å². The molecule has 2 aromatic carbocycles. The smallest absolute Gasteiger partial charge is 0.272 e. The zero-order valence-electron chi connectivity index (χ0n) is 14.6. The monoisotopic (exact) mass is 366 g/mol. The van der Waals surface area contributed by atoms with Crippen molar-refractivity contribution in [2.24, 2.45) is 0 Å². The van der Waals surface area contributed by atoms with Crippen LogP contribution in [-0.4, -0.2) is 35.7 Å². The molecule has 3 rings (SSSR count). The number of nitrogens with zero attached hydrogens (tertiary/aromatic N) is 1. The first-order valence-corrected chi connectivity index (χ1v) is 8.22. The van der Waals surface area contributed by atoms with Crippen LogP contribution in [0.15, 0.2) is 53.3 Å². The molecular weight excluding hydrogens is 348 g/mol. The number of anilines is 2. The van der Waals surface area contributed by atoms with Crippen molar-refractivity contribution >= 4 is 34.0 Å². The minimum atomic E-state index is -0.291. The van der Waals surface area contributed by atoms with Crippen LogP contribution in [-0.2, 0) is 20.7 Å². The van der Waals surface area contributed by atoms with E-state index in [2.05, 4.69) is 20.8 Å². The highest BCUT2D eigenvalue weighted by Gasteiger charge is 2.11. The van der Waals surface area contributed by atoms with E-state index in [1.165, 1.54) is 7.11 Å². The lowest BCUT2D eigenvalue weighted by Gasteiger charge is -2.08. The van der Waals surface area contributed by atoms with Crippen LogP contribution in [0.5, 0.6) is 0 Å². The molecule has 0 saturated carbocycles. The van der Waals surface area contributed by atoms with Gasteiger partial charge in [-0.3, -0.25) is 14.4 Å². The van der Waals surface area contributed by atoms with Crippen LogP contribution in [0, 0.1) is 0 Å². The molecule has 1 heterocycles. The maximum atomic E-state index is 12.3. The SMILES string of the molecule is COCC(=O)Nc1ccc(NC(=O)Cc2n[nH]c(=O)c3ccccc23)cc1. The van der Waals surface area contributed by atoms with Crippen LogP contribution in [0.3, 0.4) is 0 Å². The number of ether oxygens (including phenoxy) is 1. The molecule has 0 bridgehead atoms. The van der Waals surface area contributed by atoms with E-state index in [9.17, 15) is 14.4 Å². The van der Waals surface area contributed by atoms with Gasteiger partial charge in [0.15, 0.2) is 0 Å². The number of H-pyrrole nitrogens is 1. The van der Waals surface area contributed by atoms with E-state index in [-0.39, 0.29) is 30.4 Å². The van der Waals surface area contributed by atoms with E-state index in [0.29, 0.717) is 27.8 Å². The van der Waals surface area contributed by atoms with Crippen molar-refractivity contribution in [3.8, 4) is 0 Å². The fourth-order valence-electron chi connectivity index (χ4n) is 2.63. The summed E-state index contributed by atoms with van der Waals surface area (Å²) in [6.07, 6.45) is 0.0175. The Labute approximate surface area is 154 Å². The van der Waals surface area contributed by atoms with Gasteiger partial charge in [-0.1, -0.05) is 18.2 Å². The Morgan fingerprint density at radius 2 is 1.56 bits per heavy atom. The second-order valence-corrected chi connectivity index (χ2v) is 5.83. The number of rotatable bonds is 6. The van der Waals surface area contributed by atoms with Crippen molar-refractivity contribution in [1.82, 2.24) is 10.2 Å². The standard InChI is InChI=1S/C19H18N4O4/c1-27-11-18(25)21-13-8-6-12(7-9-13)20-17(24)10-16-14-4-2-3-5-15(14)19(26)23-22-16/h2-9H,10-11H2,1H3,(H,20,24)(H,21,25)(H,23,26). The summed E-state index contributed by atoms with van der Waals surface area (Å²) in [4.78, 5) is 35.6. The fourth-order valence-corrected chi connectivity index (χ4v) is 2.63. The van der Waals surface area contributed by atoms with Gasteiger partial charge in [0.2, 0.25) is 11.8 Å². The highest BCUT2D eigenvalue weighted by Crippen LogP contribution is 2.16.